The first-order valence-corrected chi connectivity index (χ1v) is 9.93. The molecule has 1 aliphatic heterocycles. The quantitative estimate of drug-likeness (QED) is 0.830. The summed E-state index contributed by atoms with van der Waals surface area (Å²) < 4.78 is 5.18. The van der Waals surface area contributed by atoms with Gasteiger partial charge in [0, 0.05) is 24.5 Å². The van der Waals surface area contributed by atoms with Crippen molar-refractivity contribution in [3.8, 4) is 5.75 Å². The molecule has 1 N–H and O–H groups in total. The number of amides is 2. The van der Waals surface area contributed by atoms with Crippen molar-refractivity contribution in [3.63, 3.8) is 0 Å². The van der Waals surface area contributed by atoms with E-state index >= 15 is 0 Å². The summed E-state index contributed by atoms with van der Waals surface area (Å²) in [4.78, 5) is 27.0. The number of hydrogen-bond acceptors (Lipinski definition) is 3. The fraction of sp³-hybridized carbons (Fsp3) is 0.636. The lowest BCUT2D eigenvalue weighted by Gasteiger charge is -2.36. The van der Waals surface area contributed by atoms with Crippen LogP contribution in [0, 0.1) is 11.3 Å². The molecule has 2 rings (SSSR count). The van der Waals surface area contributed by atoms with Gasteiger partial charge < -0.3 is 15.0 Å². The number of carbonyl (C=O) groups excluding carboxylic acids is 2. The Bertz CT molecular complexity index is 634. The molecule has 0 radical (unpaired) electrons. The summed E-state index contributed by atoms with van der Waals surface area (Å²) >= 11 is 0. The van der Waals surface area contributed by atoms with Crippen molar-refractivity contribution in [2.45, 2.75) is 59.4 Å². The van der Waals surface area contributed by atoms with Crippen LogP contribution in [0.15, 0.2) is 24.3 Å². The molecule has 1 aromatic rings. The molecule has 1 saturated heterocycles. The van der Waals surface area contributed by atoms with E-state index in [9.17, 15) is 9.59 Å². The number of hydrogen-bond donors (Lipinski definition) is 1. The zero-order valence-corrected chi connectivity index (χ0v) is 17.4. The van der Waals surface area contributed by atoms with Crippen LogP contribution < -0.4 is 10.1 Å². The lowest BCUT2D eigenvalue weighted by molar-refractivity contribution is -0.142. The fourth-order valence-electron chi connectivity index (χ4n) is 3.46. The molecule has 0 aliphatic carbocycles. The minimum Gasteiger partial charge on any atom is -0.497 e. The second-order valence-corrected chi connectivity index (χ2v) is 8.64. The summed E-state index contributed by atoms with van der Waals surface area (Å²) in [6.45, 7) is 9.13. The molecular weight excluding hydrogens is 340 g/mol. The first kappa shape index (κ1) is 21.3. The minimum atomic E-state index is -0.399. The maximum Gasteiger partial charge on any atom is 0.227 e. The smallest absolute Gasteiger partial charge is 0.227 e. The Morgan fingerprint density at radius 2 is 1.93 bits per heavy atom. The molecule has 2 atom stereocenters. The summed E-state index contributed by atoms with van der Waals surface area (Å²) in [6, 6.07) is 8.14. The van der Waals surface area contributed by atoms with Crippen LogP contribution in [0.25, 0.3) is 0 Å². The Kier molecular flexibility index (Phi) is 7.28. The number of piperidine rings is 1. The van der Waals surface area contributed by atoms with Gasteiger partial charge in [0.05, 0.1) is 13.0 Å². The Morgan fingerprint density at radius 3 is 2.52 bits per heavy atom. The van der Waals surface area contributed by atoms with Crippen molar-refractivity contribution in [2.24, 2.45) is 11.3 Å². The standard InChI is InChI=1S/C22H34N2O3/c1-16(8-9-17-10-12-19(27-5)13-11-17)23-20(25)18-7-6-14-24(15-18)21(26)22(2,3)4/h10-13,16,18H,6-9,14-15H2,1-5H3,(H,23,25)/t16-,18-/m0/s1. The van der Waals surface area contributed by atoms with Crippen molar-refractivity contribution < 1.29 is 14.3 Å². The molecule has 27 heavy (non-hydrogen) atoms. The molecular formula is C22H34N2O3. The summed E-state index contributed by atoms with van der Waals surface area (Å²) in [7, 11) is 1.66. The largest absolute Gasteiger partial charge is 0.497 e. The number of nitrogens with zero attached hydrogens (tertiary/aromatic N) is 1. The van der Waals surface area contributed by atoms with E-state index in [0.717, 1.165) is 38.0 Å². The van der Waals surface area contributed by atoms with E-state index in [1.165, 1.54) is 5.56 Å². The number of aryl methyl sites for hydroxylation is 1. The Labute approximate surface area is 163 Å². The Morgan fingerprint density at radius 1 is 1.26 bits per heavy atom. The normalized spacial score (nSPS) is 18.7. The molecule has 0 saturated carbocycles. The van der Waals surface area contributed by atoms with Gasteiger partial charge in [0.15, 0.2) is 0 Å². The van der Waals surface area contributed by atoms with Crippen LogP contribution in [0.5, 0.6) is 5.75 Å². The molecule has 0 unspecified atom stereocenters. The first-order chi connectivity index (χ1) is 12.7. The van der Waals surface area contributed by atoms with E-state index in [0.29, 0.717) is 6.54 Å². The summed E-state index contributed by atoms with van der Waals surface area (Å²) in [5.41, 5.74) is 0.834. The number of methoxy groups -OCH3 is 1. The highest BCUT2D eigenvalue weighted by molar-refractivity contribution is 5.84. The van der Waals surface area contributed by atoms with Crippen LogP contribution in [-0.2, 0) is 16.0 Å². The zero-order chi connectivity index (χ0) is 20.0. The van der Waals surface area contributed by atoms with Gasteiger partial charge in [0.1, 0.15) is 5.75 Å². The van der Waals surface area contributed by atoms with Crippen LogP contribution in [0.2, 0.25) is 0 Å². The predicted molar refractivity (Wildman–Crippen MR) is 108 cm³/mol. The summed E-state index contributed by atoms with van der Waals surface area (Å²) in [5, 5.41) is 3.14. The summed E-state index contributed by atoms with van der Waals surface area (Å²) in [5.74, 6) is 0.955. The van der Waals surface area contributed by atoms with Gasteiger partial charge in [-0.3, -0.25) is 9.59 Å². The van der Waals surface area contributed by atoms with Crippen molar-refractivity contribution in [1.29, 1.82) is 0 Å². The monoisotopic (exact) mass is 374 g/mol. The van der Waals surface area contributed by atoms with Gasteiger partial charge in [-0.15, -0.1) is 0 Å². The molecule has 0 spiro atoms. The van der Waals surface area contributed by atoms with Crippen molar-refractivity contribution in [1.82, 2.24) is 10.2 Å². The lowest BCUT2D eigenvalue weighted by atomic mass is 9.90. The van der Waals surface area contributed by atoms with E-state index in [4.69, 9.17) is 4.74 Å². The average molecular weight is 375 g/mol. The third kappa shape index (κ3) is 6.26. The number of benzene rings is 1. The molecule has 1 heterocycles. The molecule has 1 aromatic carbocycles. The summed E-state index contributed by atoms with van der Waals surface area (Å²) in [6.07, 6.45) is 3.53. The third-order valence-electron chi connectivity index (χ3n) is 5.13. The number of carbonyl (C=O) groups is 2. The topological polar surface area (TPSA) is 58.6 Å². The van der Waals surface area contributed by atoms with E-state index < -0.39 is 5.41 Å². The molecule has 1 aliphatic rings. The van der Waals surface area contributed by atoms with Crippen molar-refractivity contribution in [2.75, 3.05) is 20.2 Å². The number of nitrogens with one attached hydrogen (secondary N) is 1. The molecule has 1 fully saturated rings. The number of rotatable bonds is 6. The van der Waals surface area contributed by atoms with E-state index in [1.807, 2.05) is 44.7 Å². The van der Waals surface area contributed by atoms with Gasteiger partial charge in [-0.25, -0.2) is 0 Å². The van der Waals surface area contributed by atoms with Crippen LogP contribution >= 0.6 is 0 Å². The zero-order valence-electron chi connectivity index (χ0n) is 17.4. The highest BCUT2D eigenvalue weighted by Crippen LogP contribution is 2.24. The highest BCUT2D eigenvalue weighted by Gasteiger charge is 2.33. The SMILES string of the molecule is COc1ccc(CC[C@H](C)NC(=O)[C@H]2CCCN(C(=O)C(C)(C)C)C2)cc1. The van der Waals surface area contributed by atoms with Gasteiger partial charge in [-0.2, -0.15) is 0 Å². The van der Waals surface area contributed by atoms with E-state index in [2.05, 4.69) is 17.4 Å². The molecule has 0 aromatic heterocycles. The molecule has 5 heteroatoms. The van der Waals surface area contributed by atoms with Crippen molar-refractivity contribution in [3.05, 3.63) is 29.8 Å². The second-order valence-electron chi connectivity index (χ2n) is 8.64. The van der Waals surface area contributed by atoms with Crippen LogP contribution in [0.3, 0.4) is 0 Å². The molecule has 0 bridgehead atoms. The maximum atomic E-state index is 12.7. The van der Waals surface area contributed by atoms with Gasteiger partial charge >= 0.3 is 0 Å². The van der Waals surface area contributed by atoms with Crippen LogP contribution in [0.4, 0.5) is 0 Å². The van der Waals surface area contributed by atoms with Crippen molar-refractivity contribution >= 4 is 11.8 Å². The predicted octanol–water partition coefficient (Wildman–Crippen LogP) is 3.42. The number of ether oxygens (including phenoxy) is 1. The Hall–Kier alpha value is -2.04. The maximum absolute atomic E-state index is 12.7. The number of likely N-dealkylation sites (tertiary alicyclic amines) is 1. The van der Waals surface area contributed by atoms with Gasteiger partial charge in [-0.1, -0.05) is 32.9 Å². The van der Waals surface area contributed by atoms with Gasteiger partial charge in [0.2, 0.25) is 11.8 Å². The van der Waals surface area contributed by atoms with Crippen LogP contribution in [0.1, 0.15) is 52.5 Å². The average Bonchev–Trinajstić information content (AvgIpc) is 2.65. The highest BCUT2D eigenvalue weighted by atomic mass is 16.5. The Balaban J connectivity index is 1.81. The van der Waals surface area contributed by atoms with E-state index in [1.54, 1.807) is 7.11 Å². The molecule has 2 amide bonds. The molecule has 150 valence electrons. The lowest BCUT2D eigenvalue weighted by Crippen LogP contribution is -2.49. The molecule has 5 nitrogen and oxygen atoms in total. The second kappa shape index (κ2) is 9.25. The fourth-order valence-corrected chi connectivity index (χ4v) is 3.46. The van der Waals surface area contributed by atoms with Crippen LogP contribution in [-0.4, -0.2) is 43.0 Å². The minimum absolute atomic E-state index is 0.0728. The van der Waals surface area contributed by atoms with Gasteiger partial charge in [-0.05, 0) is 50.3 Å². The first-order valence-electron chi connectivity index (χ1n) is 9.93. The third-order valence-corrected chi connectivity index (χ3v) is 5.13. The van der Waals surface area contributed by atoms with E-state index in [-0.39, 0.29) is 23.8 Å². The van der Waals surface area contributed by atoms with Gasteiger partial charge in [0.25, 0.3) is 0 Å².